The van der Waals surface area contributed by atoms with Crippen molar-refractivity contribution in [3.05, 3.63) is 29.3 Å². The molecular weight excluding hydrogens is 338 g/mol. The Morgan fingerprint density at radius 1 is 1.27 bits per heavy atom. The van der Waals surface area contributed by atoms with E-state index < -0.39 is 36.0 Å². The van der Waals surface area contributed by atoms with E-state index in [2.05, 4.69) is 16.0 Å². The van der Waals surface area contributed by atoms with E-state index in [1.807, 2.05) is 18.2 Å². The van der Waals surface area contributed by atoms with Crippen molar-refractivity contribution in [2.75, 3.05) is 5.32 Å². The number of aryl methyl sites for hydroxylation is 2. The third-order valence-corrected chi connectivity index (χ3v) is 4.54. The van der Waals surface area contributed by atoms with Gasteiger partial charge in [-0.3, -0.25) is 19.7 Å². The Morgan fingerprint density at radius 3 is 2.77 bits per heavy atom. The molecule has 0 unspecified atom stereocenters. The molecule has 3 N–H and O–H groups in total. The fourth-order valence-electron chi connectivity index (χ4n) is 3.13. The van der Waals surface area contributed by atoms with Crippen LogP contribution in [0.1, 0.15) is 37.3 Å². The Kier molecular flexibility index (Phi) is 5.20. The number of nitrogens with one attached hydrogen (secondary N) is 3. The van der Waals surface area contributed by atoms with Gasteiger partial charge in [-0.25, -0.2) is 4.79 Å². The first kappa shape index (κ1) is 17.9. The summed E-state index contributed by atoms with van der Waals surface area (Å²) < 4.78 is 5.10. The van der Waals surface area contributed by atoms with Gasteiger partial charge in [-0.1, -0.05) is 6.07 Å². The van der Waals surface area contributed by atoms with Crippen molar-refractivity contribution in [1.82, 2.24) is 10.6 Å². The summed E-state index contributed by atoms with van der Waals surface area (Å²) in [6.07, 6.45) is 2.29. The van der Waals surface area contributed by atoms with Gasteiger partial charge in [0.2, 0.25) is 0 Å². The lowest BCUT2D eigenvalue weighted by Gasteiger charge is -2.14. The van der Waals surface area contributed by atoms with Crippen LogP contribution in [0.5, 0.6) is 0 Å². The number of urea groups is 1. The SMILES string of the molecule is C[C@@H](OC(=O)CC[C@@H]1NC(=O)NC1=O)C(=O)Nc1ccc2c(c1)CCC2. The standard InChI is InChI=1S/C18H21N3O5/c1-10(26-15(22)8-7-14-17(24)21-18(25)20-14)16(23)19-13-6-5-11-3-2-4-12(11)9-13/h5-6,9-10,14H,2-4,7-8H2,1H3,(H,19,23)(H2,20,21,24,25)/t10-,14+/m1/s1. The van der Waals surface area contributed by atoms with Gasteiger partial charge in [0.1, 0.15) is 6.04 Å². The van der Waals surface area contributed by atoms with E-state index in [0.29, 0.717) is 5.69 Å². The molecule has 26 heavy (non-hydrogen) atoms. The number of carbonyl (C=O) groups excluding carboxylic acids is 4. The molecule has 3 rings (SSSR count). The van der Waals surface area contributed by atoms with Crippen molar-refractivity contribution in [1.29, 1.82) is 0 Å². The number of rotatable bonds is 6. The third kappa shape index (κ3) is 4.19. The van der Waals surface area contributed by atoms with Gasteiger partial charge in [0.15, 0.2) is 6.10 Å². The molecule has 1 aliphatic carbocycles. The number of fused-ring (bicyclic) bond motifs is 1. The summed E-state index contributed by atoms with van der Waals surface area (Å²) in [5.41, 5.74) is 3.23. The predicted octanol–water partition coefficient (Wildman–Crippen LogP) is 1.03. The molecule has 1 aromatic rings. The molecule has 1 fully saturated rings. The molecule has 0 radical (unpaired) electrons. The largest absolute Gasteiger partial charge is 0.453 e. The number of hydrogen-bond acceptors (Lipinski definition) is 5. The molecule has 8 nitrogen and oxygen atoms in total. The maximum Gasteiger partial charge on any atom is 0.322 e. The lowest BCUT2D eigenvalue weighted by Crippen LogP contribution is -2.32. The Balaban J connectivity index is 1.45. The molecular formula is C18H21N3O5. The second kappa shape index (κ2) is 7.55. The highest BCUT2D eigenvalue weighted by Gasteiger charge is 2.30. The van der Waals surface area contributed by atoms with Crippen molar-refractivity contribution in [3.8, 4) is 0 Å². The molecule has 138 valence electrons. The maximum absolute atomic E-state index is 12.2. The van der Waals surface area contributed by atoms with Crippen LogP contribution in [0, 0.1) is 0 Å². The minimum absolute atomic E-state index is 0.0746. The molecule has 8 heteroatoms. The Hall–Kier alpha value is -2.90. The van der Waals surface area contributed by atoms with E-state index in [9.17, 15) is 19.2 Å². The van der Waals surface area contributed by atoms with Gasteiger partial charge in [-0.15, -0.1) is 0 Å². The van der Waals surface area contributed by atoms with Crippen LogP contribution >= 0.6 is 0 Å². The molecule has 2 aliphatic rings. The molecule has 0 saturated carbocycles. The van der Waals surface area contributed by atoms with Gasteiger partial charge in [0, 0.05) is 12.1 Å². The second-order valence-electron chi connectivity index (χ2n) is 6.51. The number of hydrogen-bond donors (Lipinski definition) is 3. The minimum Gasteiger partial charge on any atom is -0.453 e. The van der Waals surface area contributed by atoms with E-state index >= 15 is 0 Å². The number of amides is 4. The summed E-state index contributed by atoms with van der Waals surface area (Å²) in [6.45, 7) is 1.49. The van der Waals surface area contributed by atoms with Gasteiger partial charge >= 0.3 is 12.0 Å². The lowest BCUT2D eigenvalue weighted by atomic mass is 10.1. The minimum atomic E-state index is -0.956. The molecule has 2 atom stereocenters. The maximum atomic E-state index is 12.2. The smallest absolute Gasteiger partial charge is 0.322 e. The number of carbonyl (C=O) groups is 4. The number of anilines is 1. The zero-order valence-electron chi connectivity index (χ0n) is 14.5. The molecule has 1 heterocycles. The molecule has 0 aromatic heterocycles. The Morgan fingerprint density at radius 2 is 2.04 bits per heavy atom. The molecule has 0 bridgehead atoms. The highest BCUT2D eigenvalue weighted by Crippen LogP contribution is 2.25. The van der Waals surface area contributed by atoms with Gasteiger partial charge in [-0.05, 0) is 55.9 Å². The third-order valence-electron chi connectivity index (χ3n) is 4.54. The fraction of sp³-hybridized carbons (Fsp3) is 0.444. The van der Waals surface area contributed by atoms with E-state index in [4.69, 9.17) is 4.74 Å². The van der Waals surface area contributed by atoms with Gasteiger partial charge in [-0.2, -0.15) is 0 Å². The summed E-state index contributed by atoms with van der Waals surface area (Å²) in [7, 11) is 0. The van der Waals surface area contributed by atoms with Crippen molar-refractivity contribution in [2.24, 2.45) is 0 Å². The molecule has 4 amide bonds. The number of imide groups is 1. The van der Waals surface area contributed by atoms with Gasteiger partial charge in [0.05, 0.1) is 0 Å². The molecule has 1 aromatic carbocycles. The highest BCUT2D eigenvalue weighted by molar-refractivity contribution is 6.04. The van der Waals surface area contributed by atoms with Crippen LogP contribution in [0.2, 0.25) is 0 Å². The van der Waals surface area contributed by atoms with Gasteiger partial charge < -0.3 is 15.4 Å². The first-order valence-electron chi connectivity index (χ1n) is 8.66. The molecule has 1 aliphatic heterocycles. The summed E-state index contributed by atoms with van der Waals surface area (Å²) in [6, 6.07) is 4.49. The zero-order chi connectivity index (χ0) is 18.7. The summed E-state index contributed by atoms with van der Waals surface area (Å²) >= 11 is 0. The molecule has 0 spiro atoms. The second-order valence-corrected chi connectivity index (χ2v) is 6.51. The predicted molar refractivity (Wildman–Crippen MR) is 92.3 cm³/mol. The van der Waals surface area contributed by atoms with Crippen LogP contribution in [-0.4, -0.2) is 36.0 Å². The fourth-order valence-corrected chi connectivity index (χ4v) is 3.13. The normalized spacial score (nSPS) is 19.3. The van der Waals surface area contributed by atoms with Crippen molar-refractivity contribution in [3.63, 3.8) is 0 Å². The van der Waals surface area contributed by atoms with Crippen molar-refractivity contribution < 1.29 is 23.9 Å². The van der Waals surface area contributed by atoms with E-state index in [-0.39, 0.29) is 12.8 Å². The Labute approximate surface area is 150 Å². The average Bonchev–Trinajstić information content (AvgIpc) is 3.18. The van der Waals surface area contributed by atoms with Crippen LogP contribution in [0.25, 0.3) is 0 Å². The number of benzene rings is 1. The van der Waals surface area contributed by atoms with Crippen LogP contribution in [0.3, 0.4) is 0 Å². The number of esters is 1. The van der Waals surface area contributed by atoms with Crippen molar-refractivity contribution >= 4 is 29.5 Å². The topological polar surface area (TPSA) is 114 Å². The van der Waals surface area contributed by atoms with Gasteiger partial charge in [0.25, 0.3) is 11.8 Å². The van der Waals surface area contributed by atoms with Crippen LogP contribution in [0.4, 0.5) is 10.5 Å². The highest BCUT2D eigenvalue weighted by atomic mass is 16.5. The van der Waals surface area contributed by atoms with Crippen LogP contribution < -0.4 is 16.0 Å². The van der Waals surface area contributed by atoms with E-state index in [1.165, 1.54) is 18.1 Å². The monoisotopic (exact) mass is 359 g/mol. The first-order chi connectivity index (χ1) is 12.4. The van der Waals surface area contributed by atoms with Crippen molar-refractivity contribution in [2.45, 2.75) is 51.2 Å². The summed E-state index contributed by atoms with van der Waals surface area (Å²) in [5.74, 6) is -1.48. The summed E-state index contributed by atoms with van der Waals surface area (Å²) in [4.78, 5) is 46.5. The number of ether oxygens (including phenoxy) is 1. The molecule has 1 saturated heterocycles. The zero-order valence-corrected chi connectivity index (χ0v) is 14.5. The van der Waals surface area contributed by atoms with E-state index in [0.717, 1.165) is 19.3 Å². The Bertz CT molecular complexity index is 761. The quantitative estimate of drug-likeness (QED) is 0.519. The lowest BCUT2D eigenvalue weighted by molar-refractivity contribution is -0.153. The van der Waals surface area contributed by atoms with Crippen LogP contribution in [0.15, 0.2) is 18.2 Å². The first-order valence-corrected chi connectivity index (χ1v) is 8.66. The van der Waals surface area contributed by atoms with Crippen LogP contribution in [-0.2, 0) is 32.0 Å². The van der Waals surface area contributed by atoms with E-state index in [1.54, 1.807) is 0 Å². The average molecular weight is 359 g/mol. The summed E-state index contributed by atoms with van der Waals surface area (Å²) in [5, 5.41) is 7.24.